The molecule has 1 heterocycles. The lowest BCUT2D eigenvalue weighted by Gasteiger charge is -2.22. The Morgan fingerprint density at radius 2 is 1.91 bits per heavy atom. The third-order valence-electron chi connectivity index (χ3n) is 3.40. The first-order chi connectivity index (χ1) is 10.5. The molecule has 0 bridgehead atoms. The van der Waals surface area contributed by atoms with Gasteiger partial charge in [0, 0.05) is 30.5 Å². The highest BCUT2D eigenvalue weighted by molar-refractivity contribution is 9.10. The van der Waals surface area contributed by atoms with Crippen LogP contribution in [0.15, 0.2) is 39.4 Å². The first-order valence-electron chi connectivity index (χ1n) is 7.22. The number of hydrogen-bond donors (Lipinski definition) is 2. The molecule has 2 amide bonds. The number of aryl methyl sites for hydroxylation is 1. The molecule has 2 rings (SSSR count). The van der Waals surface area contributed by atoms with E-state index in [1.165, 1.54) is 0 Å². The van der Waals surface area contributed by atoms with Crippen LogP contribution in [0.3, 0.4) is 0 Å². The Balaban J connectivity index is 2.05. The SMILES string of the molecule is CCN(CC)c1ccc(NC(=O)Nc2ccc(Br)o2)c(C)c1. The molecule has 22 heavy (non-hydrogen) atoms. The van der Waals surface area contributed by atoms with Crippen molar-refractivity contribution in [2.45, 2.75) is 20.8 Å². The molecule has 6 heteroatoms. The summed E-state index contributed by atoms with van der Waals surface area (Å²) in [4.78, 5) is 14.2. The monoisotopic (exact) mass is 365 g/mol. The van der Waals surface area contributed by atoms with E-state index in [2.05, 4.69) is 51.4 Å². The first kappa shape index (κ1) is 16.4. The van der Waals surface area contributed by atoms with Crippen molar-refractivity contribution in [1.29, 1.82) is 0 Å². The van der Waals surface area contributed by atoms with Crippen molar-refractivity contribution in [2.75, 3.05) is 28.6 Å². The quantitative estimate of drug-likeness (QED) is 0.796. The van der Waals surface area contributed by atoms with E-state index in [-0.39, 0.29) is 6.03 Å². The number of urea groups is 1. The average molecular weight is 366 g/mol. The van der Waals surface area contributed by atoms with Crippen LogP contribution >= 0.6 is 15.9 Å². The fourth-order valence-corrected chi connectivity index (χ4v) is 2.53. The number of nitrogens with zero attached hydrogens (tertiary/aromatic N) is 1. The molecule has 0 aliphatic rings. The summed E-state index contributed by atoms with van der Waals surface area (Å²) < 4.78 is 5.81. The summed E-state index contributed by atoms with van der Waals surface area (Å²) >= 11 is 3.19. The molecule has 118 valence electrons. The van der Waals surface area contributed by atoms with Crippen molar-refractivity contribution in [3.05, 3.63) is 40.6 Å². The minimum absolute atomic E-state index is 0.333. The van der Waals surface area contributed by atoms with Gasteiger partial charge in [0.05, 0.1) is 0 Å². The van der Waals surface area contributed by atoms with E-state index in [0.29, 0.717) is 10.6 Å². The largest absolute Gasteiger partial charge is 0.434 e. The smallest absolute Gasteiger partial charge is 0.326 e. The maximum atomic E-state index is 12.0. The molecule has 1 aromatic heterocycles. The van der Waals surface area contributed by atoms with Crippen LogP contribution in [0.25, 0.3) is 0 Å². The number of benzene rings is 1. The van der Waals surface area contributed by atoms with Crippen LogP contribution in [0.4, 0.5) is 22.1 Å². The van der Waals surface area contributed by atoms with Gasteiger partial charge in [-0.2, -0.15) is 0 Å². The molecule has 1 aromatic carbocycles. The summed E-state index contributed by atoms with van der Waals surface area (Å²) in [6, 6.07) is 9.08. The van der Waals surface area contributed by atoms with Crippen LogP contribution < -0.4 is 15.5 Å². The summed E-state index contributed by atoms with van der Waals surface area (Å²) in [6.45, 7) is 8.14. The molecule has 0 radical (unpaired) electrons. The Kier molecular flexibility index (Phi) is 5.49. The number of rotatable bonds is 5. The summed E-state index contributed by atoms with van der Waals surface area (Å²) in [6.07, 6.45) is 0. The van der Waals surface area contributed by atoms with Crippen molar-refractivity contribution in [3.63, 3.8) is 0 Å². The number of carbonyl (C=O) groups excluding carboxylic acids is 1. The molecule has 2 aromatic rings. The second-order valence-corrected chi connectivity index (χ2v) is 5.64. The van der Waals surface area contributed by atoms with Gasteiger partial charge >= 0.3 is 6.03 Å². The van der Waals surface area contributed by atoms with E-state index in [9.17, 15) is 4.79 Å². The summed E-state index contributed by atoms with van der Waals surface area (Å²) in [7, 11) is 0. The van der Waals surface area contributed by atoms with Gasteiger partial charge in [0.2, 0.25) is 5.88 Å². The molecule has 0 aliphatic heterocycles. The van der Waals surface area contributed by atoms with E-state index in [0.717, 1.165) is 30.0 Å². The predicted octanol–water partition coefficient (Wildman–Crippen LogP) is 4.84. The minimum atomic E-state index is -0.333. The van der Waals surface area contributed by atoms with E-state index in [1.807, 2.05) is 19.1 Å². The Bertz CT molecular complexity index is 651. The molecule has 0 unspecified atom stereocenters. The van der Waals surface area contributed by atoms with Gasteiger partial charge in [0.25, 0.3) is 0 Å². The second-order valence-electron chi connectivity index (χ2n) is 4.85. The van der Waals surface area contributed by atoms with Crippen LogP contribution in [-0.2, 0) is 0 Å². The normalized spacial score (nSPS) is 10.4. The fourth-order valence-electron chi connectivity index (χ4n) is 2.22. The molecule has 5 nitrogen and oxygen atoms in total. The third kappa shape index (κ3) is 4.04. The predicted molar refractivity (Wildman–Crippen MR) is 93.8 cm³/mol. The van der Waals surface area contributed by atoms with Crippen LogP contribution in [0.1, 0.15) is 19.4 Å². The zero-order valence-electron chi connectivity index (χ0n) is 12.9. The maximum Gasteiger partial charge on any atom is 0.326 e. The Hall–Kier alpha value is -1.95. The number of carbonyl (C=O) groups is 1. The zero-order chi connectivity index (χ0) is 16.1. The van der Waals surface area contributed by atoms with Gasteiger partial charge in [0.15, 0.2) is 4.67 Å². The number of furan rings is 1. The van der Waals surface area contributed by atoms with Gasteiger partial charge in [0.1, 0.15) is 0 Å². The maximum absolute atomic E-state index is 12.0. The Morgan fingerprint density at radius 1 is 1.18 bits per heavy atom. The lowest BCUT2D eigenvalue weighted by atomic mass is 10.1. The van der Waals surface area contributed by atoms with Crippen molar-refractivity contribution in [1.82, 2.24) is 0 Å². The van der Waals surface area contributed by atoms with Crippen LogP contribution in [0.5, 0.6) is 0 Å². The van der Waals surface area contributed by atoms with Gasteiger partial charge in [-0.05, 0) is 66.5 Å². The van der Waals surface area contributed by atoms with Crippen LogP contribution in [0, 0.1) is 6.92 Å². The fraction of sp³-hybridized carbons (Fsp3) is 0.312. The molecule has 0 spiro atoms. The highest BCUT2D eigenvalue weighted by Crippen LogP contribution is 2.23. The van der Waals surface area contributed by atoms with Crippen molar-refractivity contribution >= 4 is 39.2 Å². The van der Waals surface area contributed by atoms with E-state index < -0.39 is 0 Å². The number of anilines is 3. The Morgan fingerprint density at radius 3 is 2.45 bits per heavy atom. The van der Waals surface area contributed by atoms with Crippen molar-refractivity contribution in [3.8, 4) is 0 Å². The molecular formula is C16H20BrN3O2. The molecule has 0 aliphatic carbocycles. The van der Waals surface area contributed by atoms with Gasteiger partial charge in [-0.3, -0.25) is 5.32 Å². The van der Waals surface area contributed by atoms with Gasteiger partial charge in [-0.25, -0.2) is 4.79 Å². The topological polar surface area (TPSA) is 57.5 Å². The number of nitrogens with one attached hydrogen (secondary N) is 2. The lowest BCUT2D eigenvalue weighted by Crippen LogP contribution is -2.22. The van der Waals surface area contributed by atoms with Gasteiger partial charge < -0.3 is 14.6 Å². The highest BCUT2D eigenvalue weighted by Gasteiger charge is 2.09. The highest BCUT2D eigenvalue weighted by atomic mass is 79.9. The summed E-state index contributed by atoms with van der Waals surface area (Å²) in [5, 5.41) is 5.47. The number of hydrogen-bond acceptors (Lipinski definition) is 3. The van der Waals surface area contributed by atoms with Gasteiger partial charge in [-0.1, -0.05) is 0 Å². The van der Waals surface area contributed by atoms with Crippen molar-refractivity contribution < 1.29 is 9.21 Å². The van der Waals surface area contributed by atoms with E-state index >= 15 is 0 Å². The average Bonchev–Trinajstić information content (AvgIpc) is 2.88. The molecule has 0 saturated carbocycles. The van der Waals surface area contributed by atoms with Gasteiger partial charge in [-0.15, -0.1) is 0 Å². The lowest BCUT2D eigenvalue weighted by molar-refractivity contribution is 0.261. The van der Waals surface area contributed by atoms with E-state index in [4.69, 9.17) is 4.42 Å². The number of halogens is 1. The van der Waals surface area contributed by atoms with Crippen molar-refractivity contribution in [2.24, 2.45) is 0 Å². The molecular weight excluding hydrogens is 346 g/mol. The Labute approximate surface area is 138 Å². The summed E-state index contributed by atoms with van der Waals surface area (Å²) in [5.41, 5.74) is 2.95. The summed E-state index contributed by atoms with van der Waals surface area (Å²) in [5.74, 6) is 0.391. The third-order valence-corrected chi connectivity index (χ3v) is 3.82. The standard InChI is InChI=1S/C16H20BrN3O2/c1-4-20(5-2)12-6-7-13(11(3)10-12)18-16(21)19-15-9-8-14(17)22-15/h6-10H,4-5H2,1-3H3,(H2,18,19,21). The molecule has 0 saturated heterocycles. The number of amides is 2. The zero-order valence-corrected chi connectivity index (χ0v) is 14.5. The molecule has 2 N–H and O–H groups in total. The first-order valence-corrected chi connectivity index (χ1v) is 8.01. The molecule has 0 fully saturated rings. The van der Waals surface area contributed by atoms with E-state index in [1.54, 1.807) is 12.1 Å². The minimum Gasteiger partial charge on any atom is -0.434 e. The second kappa shape index (κ2) is 7.35. The van der Waals surface area contributed by atoms with Crippen LogP contribution in [0.2, 0.25) is 0 Å². The molecule has 0 atom stereocenters. The van der Waals surface area contributed by atoms with Crippen LogP contribution in [-0.4, -0.2) is 19.1 Å².